The minimum atomic E-state index is -2.68. The normalized spacial score (nSPS) is 29.4. The molecule has 2 rings (SSSR count). The van der Waals surface area contributed by atoms with Gasteiger partial charge in [-0.05, 0) is 25.8 Å². The van der Waals surface area contributed by atoms with Crippen LogP contribution in [0.5, 0.6) is 0 Å². The fraction of sp³-hybridized carbons (Fsp3) is 0.909. The molecule has 2 saturated heterocycles. The Morgan fingerprint density at radius 1 is 1.44 bits per heavy atom. The molecule has 1 amide bonds. The quantitative estimate of drug-likeness (QED) is 0.780. The first-order valence-electron chi connectivity index (χ1n) is 5.96. The van der Waals surface area contributed by atoms with Crippen molar-refractivity contribution in [3.8, 4) is 0 Å². The van der Waals surface area contributed by atoms with Gasteiger partial charge < -0.3 is 10.2 Å². The molecule has 5 heteroatoms. The molecular formula is C11H18F2N2O. The average molecular weight is 232 g/mol. The van der Waals surface area contributed by atoms with E-state index in [-0.39, 0.29) is 18.4 Å². The second kappa shape index (κ2) is 4.65. The number of halogens is 2. The zero-order valence-corrected chi connectivity index (χ0v) is 9.35. The fourth-order valence-corrected chi connectivity index (χ4v) is 2.45. The first-order chi connectivity index (χ1) is 7.57. The Morgan fingerprint density at radius 2 is 2.25 bits per heavy atom. The zero-order valence-electron chi connectivity index (χ0n) is 9.35. The van der Waals surface area contributed by atoms with Gasteiger partial charge in [0.15, 0.2) is 0 Å². The van der Waals surface area contributed by atoms with Crippen LogP contribution in [0.3, 0.4) is 0 Å². The number of carbonyl (C=O) groups is 1. The van der Waals surface area contributed by atoms with E-state index in [4.69, 9.17) is 0 Å². The summed E-state index contributed by atoms with van der Waals surface area (Å²) in [6.07, 6.45) is 2.76. The van der Waals surface area contributed by atoms with E-state index in [0.29, 0.717) is 19.4 Å². The van der Waals surface area contributed by atoms with Crippen LogP contribution in [0.4, 0.5) is 8.78 Å². The van der Waals surface area contributed by atoms with Gasteiger partial charge >= 0.3 is 0 Å². The molecule has 2 aliphatic heterocycles. The van der Waals surface area contributed by atoms with Gasteiger partial charge in [0, 0.05) is 25.4 Å². The van der Waals surface area contributed by atoms with Gasteiger partial charge in [-0.3, -0.25) is 4.79 Å². The number of piperidine rings is 1. The summed E-state index contributed by atoms with van der Waals surface area (Å²) < 4.78 is 26.2. The van der Waals surface area contributed by atoms with Gasteiger partial charge in [-0.25, -0.2) is 8.78 Å². The maximum absolute atomic E-state index is 13.1. The van der Waals surface area contributed by atoms with Crippen LogP contribution in [0, 0.1) is 0 Å². The van der Waals surface area contributed by atoms with Gasteiger partial charge in [-0.2, -0.15) is 0 Å². The van der Waals surface area contributed by atoms with Crippen LogP contribution in [0.2, 0.25) is 0 Å². The number of carbonyl (C=O) groups excluding carboxylic acids is 1. The summed E-state index contributed by atoms with van der Waals surface area (Å²) >= 11 is 0. The lowest BCUT2D eigenvalue weighted by Gasteiger charge is -2.33. The number of hydrogen-bond acceptors (Lipinski definition) is 2. The Hall–Kier alpha value is -0.710. The van der Waals surface area contributed by atoms with E-state index in [2.05, 4.69) is 5.32 Å². The van der Waals surface area contributed by atoms with E-state index in [1.165, 1.54) is 4.90 Å². The maximum atomic E-state index is 13.1. The van der Waals surface area contributed by atoms with Crippen LogP contribution in [0.25, 0.3) is 0 Å². The fourth-order valence-electron chi connectivity index (χ4n) is 2.45. The van der Waals surface area contributed by atoms with E-state index in [0.717, 1.165) is 19.4 Å². The molecule has 2 aliphatic rings. The highest BCUT2D eigenvalue weighted by Gasteiger charge is 2.37. The smallest absolute Gasteiger partial charge is 0.265 e. The van der Waals surface area contributed by atoms with Crippen molar-refractivity contribution in [2.24, 2.45) is 0 Å². The summed E-state index contributed by atoms with van der Waals surface area (Å²) in [5, 5.41) is 3.21. The third-order valence-corrected chi connectivity index (χ3v) is 3.33. The summed E-state index contributed by atoms with van der Waals surface area (Å²) in [5.74, 6) is -2.81. The minimum absolute atomic E-state index is 0.0849. The molecule has 2 fully saturated rings. The average Bonchev–Trinajstić information content (AvgIpc) is 2.69. The Labute approximate surface area is 94.2 Å². The highest BCUT2D eigenvalue weighted by atomic mass is 19.3. The largest absolute Gasteiger partial charge is 0.337 e. The molecule has 16 heavy (non-hydrogen) atoms. The summed E-state index contributed by atoms with van der Waals surface area (Å²) in [6.45, 7) is 1.04. The Morgan fingerprint density at radius 3 is 2.88 bits per heavy atom. The second-order valence-corrected chi connectivity index (χ2v) is 4.77. The number of rotatable bonds is 2. The second-order valence-electron chi connectivity index (χ2n) is 4.77. The van der Waals surface area contributed by atoms with Crippen molar-refractivity contribution in [3.63, 3.8) is 0 Å². The molecule has 0 aromatic heterocycles. The van der Waals surface area contributed by atoms with Crippen LogP contribution in [0.1, 0.15) is 32.1 Å². The lowest BCUT2D eigenvalue weighted by atomic mass is 10.1. The third kappa shape index (κ3) is 2.90. The summed E-state index contributed by atoms with van der Waals surface area (Å²) in [7, 11) is 0. The maximum Gasteiger partial charge on any atom is 0.265 e. The number of hydrogen-bond donors (Lipinski definition) is 1. The molecule has 0 aliphatic carbocycles. The minimum Gasteiger partial charge on any atom is -0.337 e. The molecule has 0 bridgehead atoms. The number of amides is 1. The van der Waals surface area contributed by atoms with Crippen LogP contribution >= 0.6 is 0 Å². The van der Waals surface area contributed by atoms with E-state index in [9.17, 15) is 13.6 Å². The van der Waals surface area contributed by atoms with E-state index in [1.54, 1.807) is 0 Å². The monoisotopic (exact) mass is 232 g/mol. The molecule has 92 valence electrons. The van der Waals surface area contributed by atoms with Crippen LogP contribution < -0.4 is 5.32 Å². The molecule has 0 radical (unpaired) electrons. The van der Waals surface area contributed by atoms with Crippen molar-refractivity contribution in [2.45, 2.75) is 44.1 Å². The number of nitrogens with one attached hydrogen (secondary N) is 1. The highest BCUT2D eigenvalue weighted by molar-refractivity contribution is 5.77. The van der Waals surface area contributed by atoms with Crippen LogP contribution in [0.15, 0.2) is 0 Å². The first kappa shape index (κ1) is 11.8. The predicted octanol–water partition coefficient (Wildman–Crippen LogP) is 1.39. The van der Waals surface area contributed by atoms with Gasteiger partial charge in [0.25, 0.3) is 5.92 Å². The van der Waals surface area contributed by atoms with E-state index in [1.807, 2.05) is 0 Å². The Kier molecular flexibility index (Phi) is 3.42. The van der Waals surface area contributed by atoms with Gasteiger partial charge in [0.1, 0.15) is 0 Å². The summed E-state index contributed by atoms with van der Waals surface area (Å²) in [5.41, 5.74) is 0. The number of likely N-dealkylation sites (tertiary alicyclic amines) is 1. The molecule has 0 saturated carbocycles. The van der Waals surface area contributed by atoms with Gasteiger partial charge in [0.05, 0.1) is 6.54 Å². The van der Waals surface area contributed by atoms with Crippen molar-refractivity contribution >= 4 is 5.91 Å². The summed E-state index contributed by atoms with van der Waals surface area (Å²) in [4.78, 5) is 13.1. The number of nitrogens with zero attached hydrogens (tertiary/aromatic N) is 1. The molecule has 0 aromatic rings. The Bertz CT molecular complexity index is 265. The molecule has 1 atom stereocenters. The van der Waals surface area contributed by atoms with Crippen molar-refractivity contribution in [3.05, 3.63) is 0 Å². The van der Waals surface area contributed by atoms with E-state index < -0.39 is 12.5 Å². The standard InChI is InChI=1S/C11H18F2N2O/c12-11(13)4-2-6-15(8-11)10(16)7-9-3-1-5-14-9/h9,14H,1-8H2. The van der Waals surface area contributed by atoms with Crippen molar-refractivity contribution in [1.29, 1.82) is 0 Å². The lowest BCUT2D eigenvalue weighted by Crippen LogP contribution is -2.47. The SMILES string of the molecule is O=C(CC1CCCN1)N1CCCC(F)(F)C1. The Balaban J connectivity index is 1.84. The lowest BCUT2D eigenvalue weighted by molar-refractivity contribution is -0.142. The summed E-state index contributed by atoms with van der Waals surface area (Å²) in [6, 6.07) is 0.197. The molecule has 2 heterocycles. The van der Waals surface area contributed by atoms with Gasteiger partial charge in [0.2, 0.25) is 5.91 Å². The van der Waals surface area contributed by atoms with Gasteiger partial charge in [-0.15, -0.1) is 0 Å². The topological polar surface area (TPSA) is 32.3 Å². The van der Waals surface area contributed by atoms with Gasteiger partial charge in [-0.1, -0.05) is 0 Å². The first-order valence-corrected chi connectivity index (χ1v) is 5.96. The molecule has 0 aromatic carbocycles. The molecule has 3 nitrogen and oxygen atoms in total. The third-order valence-electron chi connectivity index (χ3n) is 3.33. The van der Waals surface area contributed by atoms with Crippen LogP contribution in [-0.2, 0) is 4.79 Å². The zero-order chi connectivity index (χ0) is 11.6. The van der Waals surface area contributed by atoms with Crippen molar-refractivity contribution < 1.29 is 13.6 Å². The molecule has 0 spiro atoms. The molecule has 1 unspecified atom stereocenters. The molecule has 1 N–H and O–H groups in total. The highest BCUT2D eigenvalue weighted by Crippen LogP contribution is 2.27. The van der Waals surface area contributed by atoms with Crippen molar-refractivity contribution in [2.75, 3.05) is 19.6 Å². The van der Waals surface area contributed by atoms with E-state index >= 15 is 0 Å². The molecular weight excluding hydrogens is 214 g/mol. The predicted molar refractivity (Wildman–Crippen MR) is 56.4 cm³/mol. The van der Waals surface area contributed by atoms with Crippen molar-refractivity contribution in [1.82, 2.24) is 10.2 Å². The van der Waals surface area contributed by atoms with Crippen LogP contribution in [-0.4, -0.2) is 42.4 Å². The number of alkyl halides is 2.